The van der Waals surface area contributed by atoms with Crippen molar-refractivity contribution in [2.75, 3.05) is 0 Å². The van der Waals surface area contributed by atoms with Crippen LogP contribution in [0.25, 0.3) is 11.4 Å². The topological polar surface area (TPSA) is 61.4 Å². The Balaban J connectivity index is 1.77. The van der Waals surface area contributed by atoms with Crippen LogP contribution < -0.4 is 0 Å². The quantitative estimate of drug-likeness (QED) is 0.731. The zero-order valence-corrected chi connectivity index (χ0v) is 12.3. The number of hydrogen-bond acceptors (Lipinski definition) is 4. The van der Waals surface area contributed by atoms with Crippen LogP contribution in [0.2, 0.25) is 5.02 Å². The minimum absolute atomic E-state index is 0.0102. The average molecular weight is 343 g/mol. The molecule has 3 rings (SSSR count). The molecule has 6 nitrogen and oxygen atoms in total. The zero-order valence-electron chi connectivity index (χ0n) is 11.6. The molecule has 0 aliphatic heterocycles. The molecule has 0 aliphatic rings. The van der Waals surface area contributed by atoms with E-state index in [-0.39, 0.29) is 12.4 Å². The molecule has 23 heavy (non-hydrogen) atoms. The van der Waals surface area contributed by atoms with Gasteiger partial charge < -0.3 is 4.57 Å². The SMILES string of the molecule is FC(F)(F)Cn1ccnc1Cn1nnc(-c2ccc(Cl)cc2)n1. The first-order valence-electron chi connectivity index (χ1n) is 6.51. The Hall–Kier alpha value is -2.42. The summed E-state index contributed by atoms with van der Waals surface area (Å²) in [5, 5.41) is 12.4. The van der Waals surface area contributed by atoms with Gasteiger partial charge >= 0.3 is 6.18 Å². The number of imidazole rings is 1. The van der Waals surface area contributed by atoms with Crippen molar-refractivity contribution < 1.29 is 13.2 Å². The lowest BCUT2D eigenvalue weighted by Gasteiger charge is -2.09. The number of tetrazole rings is 1. The Morgan fingerprint density at radius 2 is 1.87 bits per heavy atom. The Bertz CT molecular complexity index is 793. The van der Waals surface area contributed by atoms with E-state index in [1.54, 1.807) is 24.3 Å². The summed E-state index contributed by atoms with van der Waals surface area (Å²) in [5.41, 5.74) is 0.708. The van der Waals surface area contributed by atoms with Gasteiger partial charge in [0.2, 0.25) is 5.82 Å². The molecule has 0 saturated heterocycles. The molecule has 0 saturated carbocycles. The number of nitrogens with zero attached hydrogens (tertiary/aromatic N) is 6. The molecule has 0 amide bonds. The van der Waals surface area contributed by atoms with Crippen molar-refractivity contribution in [3.63, 3.8) is 0 Å². The summed E-state index contributed by atoms with van der Waals surface area (Å²) < 4.78 is 38.5. The van der Waals surface area contributed by atoms with E-state index in [2.05, 4.69) is 20.4 Å². The van der Waals surface area contributed by atoms with Crippen LogP contribution in [-0.4, -0.2) is 35.9 Å². The first-order valence-corrected chi connectivity index (χ1v) is 6.89. The Morgan fingerprint density at radius 1 is 1.13 bits per heavy atom. The van der Waals surface area contributed by atoms with Gasteiger partial charge in [-0.3, -0.25) is 0 Å². The maximum Gasteiger partial charge on any atom is 0.406 e. The normalized spacial score (nSPS) is 11.8. The first-order chi connectivity index (χ1) is 10.9. The number of hydrogen-bond donors (Lipinski definition) is 0. The number of halogens is 4. The lowest BCUT2D eigenvalue weighted by atomic mass is 10.2. The van der Waals surface area contributed by atoms with Crippen molar-refractivity contribution in [3.8, 4) is 11.4 Å². The van der Waals surface area contributed by atoms with E-state index in [9.17, 15) is 13.2 Å². The highest BCUT2D eigenvalue weighted by Crippen LogP contribution is 2.19. The number of aromatic nitrogens is 6. The Labute approximate surface area is 133 Å². The van der Waals surface area contributed by atoms with Crippen molar-refractivity contribution >= 4 is 11.6 Å². The van der Waals surface area contributed by atoms with E-state index >= 15 is 0 Å². The number of benzene rings is 1. The summed E-state index contributed by atoms with van der Waals surface area (Å²) in [6.07, 6.45) is -1.75. The van der Waals surface area contributed by atoms with Gasteiger partial charge in [0.05, 0.1) is 0 Å². The van der Waals surface area contributed by atoms with Gasteiger partial charge in [-0.25, -0.2) is 4.98 Å². The fraction of sp³-hybridized carbons (Fsp3) is 0.231. The van der Waals surface area contributed by atoms with Crippen LogP contribution >= 0.6 is 11.6 Å². The van der Waals surface area contributed by atoms with E-state index in [0.717, 1.165) is 4.57 Å². The predicted molar refractivity (Wildman–Crippen MR) is 75.6 cm³/mol. The minimum atomic E-state index is -4.32. The van der Waals surface area contributed by atoms with Crippen LogP contribution in [-0.2, 0) is 13.1 Å². The molecule has 0 unspecified atom stereocenters. The van der Waals surface area contributed by atoms with E-state index < -0.39 is 12.7 Å². The van der Waals surface area contributed by atoms with Gasteiger partial charge in [0.25, 0.3) is 0 Å². The van der Waals surface area contributed by atoms with E-state index in [0.29, 0.717) is 16.4 Å². The second-order valence-electron chi connectivity index (χ2n) is 4.74. The summed E-state index contributed by atoms with van der Waals surface area (Å²) in [6.45, 7) is -1.12. The van der Waals surface area contributed by atoms with Crippen LogP contribution in [0.4, 0.5) is 13.2 Å². The Morgan fingerprint density at radius 3 is 2.57 bits per heavy atom. The molecular formula is C13H10ClF3N6. The monoisotopic (exact) mass is 342 g/mol. The lowest BCUT2D eigenvalue weighted by Crippen LogP contribution is -2.20. The summed E-state index contributed by atoms with van der Waals surface area (Å²) in [5.74, 6) is 0.554. The Kier molecular flexibility index (Phi) is 4.03. The third kappa shape index (κ3) is 3.86. The molecule has 0 aliphatic carbocycles. The molecule has 120 valence electrons. The van der Waals surface area contributed by atoms with Crippen LogP contribution in [0.15, 0.2) is 36.7 Å². The molecular weight excluding hydrogens is 333 g/mol. The largest absolute Gasteiger partial charge is 0.406 e. The van der Waals surface area contributed by atoms with Gasteiger partial charge in [-0.05, 0) is 29.5 Å². The van der Waals surface area contributed by atoms with Gasteiger partial charge in [0.15, 0.2) is 0 Å². The van der Waals surface area contributed by atoms with Gasteiger partial charge in [-0.15, -0.1) is 10.2 Å². The fourth-order valence-corrected chi connectivity index (χ4v) is 2.11. The third-order valence-corrected chi connectivity index (χ3v) is 3.24. The molecule has 0 fully saturated rings. The van der Waals surface area contributed by atoms with E-state index in [1.807, 2.05) is 0 Å². The summed E-state index contributed by atoms with van der Waals surface area (Å²) in [6, 6.07) is 6.84. The third-order valence-electron chi connectivity index (χ3n) is 2.99. The van der Waals surface area contributed by atoms with Crippen molar-refractivity contribution in [2.24, 2.45) is 0 Å². The standard InChI is InChI=1S/C13H10ClF3N6/c14-10-3-1-9(2-4-10)12-19-21-23(20-12)7-11-18-5-6-22(11)8-13(15,16)17/h1-6H,7-8H2. The molecule has 10 heteroatoms. The van der Waals surface area contributed by atoms with Gasteiger partial charge in [-0.2, -0.15) is 18.0 Å². The average Bonchev–Trinajstić information content (AvgIpc) is 3.09. The molecule has 2 heterocycles. The number of rotatable bonds is 4. The highest BCUT2D eigenvalue weighted by Gasteiger charge is 2.28. The molecule has 0 atom stereocenters. The molecule has 3 aromatic rings. The van der Waals surface area contributed by atoms with E-state index in [4.69, 9.17) is 11.6 Å². The summed E-state index contributed by atoms with van der Waals surface area (Å²) in [7, 11) is 0. The molecule has 2 aromatic heterocycles. The highest BCUT2D eigenvalue weighted by molar-refractivity contribution is 6.30. The van der Waals surface area contributed by atoms with Crippen molar-refractivity contribution in [3.05, 3.63) is 47.5 Å². The van der Waals surface area contributed by atoms with Crippen molar-refractivity contribution in [1.82, 2.24) is 29.8 Å². The molecule has 0 spiro atoms. The summed E-state index contributed by atoms with van der Waals surface area (Å²) >= 11 is 5.80. The first kappa shape index (κ1) is 15.5. The number of alkyl halides is 3. The molecule has 0 N–H and O–H groups in total. The smallest absolute Gasteiger partial charge is 0.324 e. The maximum atomic E-state index is 12.5. The zero-order chi connectivity index (χ0) is 16.4. The molecule has 1 aromatic carbocycles. The van der Waals surface area contributed by atoms with Crippen LogP contribution in [0, 0.1) is 0 Å². The second kappa shape index (κ2) is 5.99. The van der Waals surface area contributed by atoms with Gasteiger partial charge in [-0.1, -0.05) is 11.6 Å². The van der Waals surface area contributed by atoms with Gasteiger partial charge in [0.1, 0.15) is 18.9 Å². The minimum Gasteiger partial charge on any atom is -0.324 e. The predicted octanol–water partition coefficient (Wildman–Crippen LogP) is 2.80. The molecule has 0 bridgehead atoms. The maximum absolute atomic E-state index is 12.5. The summed E-state index contributed by atoms with van der Waals surface area (Å²) in [4.78, 5) is 5.10. The highest BCUT2D eigenvalue weighted by atomic mass is 35.5. The molecule has 0 radical (unpaired) electrons. The fourth-order valence-electron chi connectivity index (χ4n) is 1.98. The van der Waals surface area contributed by atoms with E-state index in [1.165, 1.54) is 17.2 Å². The van der Waals surface area contributed by atoms with Crippen molar-refractivity contribution in [1.29, 1.82) is 0 Å². The van der Waals surface area contributed by atoms with Crippen LogP contribution in [0.5, 0.6) is 0 Å². The van der Waals surface area contributed by atoms with Crippen LogP contribution in [0.3, 0.4) is 0 Å². The lowest BCUT2D eigenvalue weighted by molar-refractivity contribution is -0.141. The van der Waals surface area contributed by atoms with Crippen LogP contribution in [0.1, 0.15) is 5.82 Å². The van der Waals surface area contributed by atoms with Crippen molar-refractivity contribution in [2.45, 2.75) is 19.3 Å². The second-order valence-corrected chi connectivity index (χ2v) is 5.17. The van der Waals surface area contributed by atoms with Gasteiger partial charge in [0, 0.05) is 23.0 Å².